The van der Waals surface area contributed by atoms with E-state index in [9.17, 15) is 4.21 Å². The van der Waals surface area contributed by atoms with Crippen LogP contribution in [0.5, 0.6) is 0 Å². The average Bonchev–Trinajstić information content (AvgIpc) is 2.89. The highest BCUT2D eigenvalue weighted by atomic mass is 32.2. The fourth-order valence-corrected chi connectivity index (χ4v) is 4.51. The Morgan fingerprint density at radius 2 is 2.19 bits per heavy atom. The fraction of sp³-hybridized carbons (Fsp3) is 0.846. The fourth-order valence-electron chi connectivity index (χ4n) is 2.59. The topological polar surface area (TPSA) is 26.3 Å². The smallest absolute Gasteiger partial charge is 0.0938 e. The van der Waals surface area contributed by atoms with Gasteiger partial charge in [-0.15, -0.1) is 0 Å². The third-order valence-corrected chi connectivity index (χ3v) is 5.56. The highest BCUT2D eigenvalue weighted by Gasteiger charge is 2.36. The summed E-state index contributed by atoms with van der Waals surface area (Å²) in [4.78, 5) is 0. The summed E-state index contributed by atoms with van der Waals surface area (Å²) >= 11 is 0. The number of hydrogen-bond donors (Lipinski definition) is 0. The predicted octanol–water partition coefficient (Wildman–Crippen LogP) is 3.01. The second kappa shape index (κ2) is 5.35. The molecule has 2 rings (SSSR count). The molecule has 1 aliphatic carbocycles. The molecule has 3 heteroatoms. The molecule has 0 aromatic carbocycles. The maximum Gasteiger partial charge on any atom is 0.0938 e. The maximum atomic E-state index is 11.5. The molecule has 0 radical (unpaired) electrons. The van der Waals surface area contributed by atoms with Gasteiger partial charge in [0, 0.05) is 27.7 Å². The third-order valence-electron chi connectivity index (χ3n) is 3.96. The van der Waals surface area contributed by atoms with Crippen LogP contribution < -0.4 is 0 Å². The van der Waals surface area contributed by atoms with Gasteiger partial charge < -0.3 is 4.74 Å². The van der Waals surface area contributed by atoms with Gasteiger partial charge in [0.15, 0.2) is 0 Å². The van der Waals surface area contributed by atoms with Crippen LogP contribution in [-0.4, -0.2) is 22.3 Å². The van der Waals surface area contributed by atoms with Crippen molar-refractivity contribution in [1.29, 1.82) is 0 Å². The van der Waals surface area contributed by atoms with Crippen LogP contribution in [0.2, 0.25) is 0 Å². The molecule has 2 unspecified atom stereocenters. The van der Waals surface area contributed by atoms with Crippen LogP contribution in [0.3, 0.4) is 0 Å². The normalized spacial score (nSPS) is 34.3. The molecule has 0 aromatic heterocycles. The van der Waals surface area contributed by atoms with Crippen LogP contribution in [0, 0.1) is 5.41 Å². The van der Waals surface area contributed by atoms with Crippen molar-refractivity contribution in [3.63, 3.8) is 0 Å². The minimum atomic E-state index is -0.598. The van der Waals surface area contributed by atoms with Crippen molar-refractivity contribution in [2.75, 3.05) is 18.1 Å². The van der Waals surface area contributed by atoms with Crippen LogP contribution in [0.1, 0.15) is 45.4 Å². The van der Waals surface area contributed by atoms with E-state index in [1.54, 1.807) is 0 Å². The van der Waals surface area contributed by atoms with E-state index >= 15 is 0 Å². The molecule has 0 N–H and O–H groups in total. The first kappa shape index (κ1) is 12.2. The van der Waals surface area contributed by atoms with E-state index in [1.165, 1.54) is 31.3 Å². The Kier molecular flexibility index (Phi) is 4.06. The molecule has 2 fully saturated rings. The minimum absolute atomic E-state index is 0.195. The molecule has 0 amide bonds. The van der Waals surface area contributed by atoms with Crippen LogP contribution in [0.25, 0.3) is 0 Å². The van der Waals surface area contributed by atoms with Crippen LogP contribution in [-0.2, 0) is 15.5 Å². The highest BCUT2D eigenvalue weighted by Crippen LogP contribution is 2.34. The second-order valence-corrected chi connectivity index (χ2v) is 6.76. The summed E-state index contributed by atoms with van der Waals surface area (Å²) in [6.07, 6.45) is 9.19. The first-order chi connectivity index (χ1) is 7.74. The zero-order valence-electron chi connectivity index (χ0n) is 10.2. The Bertz CT molecular complexity index is 290. The van der Waals surface area contributed by atoms with Gasteiger partial charge >= 0.3 is 0 Å². The van der Waals surface area contributed by atoms with E-state index in [0.717, 1.165) is 31.0 Å². The van der Waals surface area contributed by atoms with Gasteiger partial charge in [0.05, 0.1) is 12.9 Å². The van der Waals surface area contributed by atoms with Crippen molar-refractivity contribution in [3.8, 4) is 0 Å². The van der Waals surface area contributed by atoms with Gasteiger partial charge in [-0.1, -0.05) is 6.92 Å². The van der Waals surface area contributed by atoms with Gasteiger partial charge in [-0.2, -0.15) is 0 Å². The third kappa shape index (κ3) is 2.88. The Morgan fingerprint density at radius 3 is 2.75 bits per heavy atom. The van der Waals surface area contributed by atoms with E-state index < -0.39 is 10.8 Å². The zero-order valence-corrected chi connectivity index (χ0v) is 11.0. The van der Waals surface area contributed by atoms with Crippen molar-refractivity contribution in [1.82, 2.24) is 0 Å². The van der Waals surface area contributed by atoms with Crippen molar-refractivity contribution in [2.45, 2.75) is 45.4 Å². The molecular weight excluding hydrogens is 220 g/mol. The van der Waals surface area contributed by atoms with Gasteiger partial charge in [-0.25, -0.2) is 0 Å². The first-order valence-electron chi connectivity index (χ1n) is 6.39. The van der Waals surface area contributed by atoms with Gasteiger partial charge in [0.25, 0.3) is 0 Å². The Hall–Kier alpha value is -0.310. The van der Waals surface area contributed by atoms with Crippen LogP contribution in [0.15, 0.2) is 11.8 Å². The minimum Gasteiger partial charge on any atom is -0.501 e. The monoisotopic (exact) mass is 242 g/mol. The number of rotatable bonds is 4. The standard InChI is InChI=1S/C13H22O2S/c1-2-13(7-8-16(14)11-13)10-15-9-12-5-3-4-6-12/h9H,2-8,10-11H2,1H3. The summed E-state index contributed by atoms with van der Waals surface area (Å²) in [6.45, 7) is 2.95. The average molecular weight is 242 g/mol. The summed E-state index contributed by atoms with van der Waals surface area (Å²) in [5.74, 6) is 1.71. The van der Waals surface area contributed by atoms with Crippen LogP contribution in [0.4, 0.5) is 0 Å². The first-order valence-corrected chi connectivity index (χ1v) is 7.87. The number of hydrogen-bond acceptors (Lipinski definition) is 2. The molecule has 1 heterocycles. The lowest BCUT2D eigenvalue weighted by molar-refractivity contribution is 0.122. The summed E-state index contributed by atoms with van der Waals surface area (Å²) in [6, 6.07) is 0. The lowest BCUT2D eigenvalue weighted by Gasteiger charge is -2.25. The molecule has 0 bridgehead atoms. The number of allylic oxidation sites excluding steroid dienone is 1. The van der Waals surface area contributed by atoms with E-state index in [-0.39, 0.29) is 5.41 Å². The van der Waals surface area contributed by atoms with Crippen LogP contribution >= 0.6 is 0 Å². The summed E-state index contributed by atoms with van der Waals surface area (Å²) in [5.41, 5.74) is 1.66. The Balaban J connectivity index is 1.83. The van der Waals surface area contributed by atoms with Gasteiger partial charge in [-0.05, 0) is 44.1 Å². The zero-order chi connectivity index (χ0) is 11.4. The van der Waals surface area contributed by atoms with Crippen molar-refractivity contribution >= 4 is 10.8 Å². The SMILES string of the molecule is CCC1(COC=C2CCCC2)CCS(=O)C1. The largest absolute Gasteiger partial charge is 0.501 e. The van der Waals surface area contributed by atoms with Crippen molar-refractivity contribution < 1.29 is 8.95 Å². The van der Waals surface area contributed by atoms with Crippen molar-refractivity contribution in [2.24, 2.45) is 5.41 Å². The highest BCUT2D eigenvalue weighted by molar-refractivity contribution is 7.85. The summed E-state index contributed by atoms with van der Waals surface area (Å²) in [7, 11) is -0.598. The van der Waals surface area contributed by atoms with E-state index in [1.807, 2.05) is 6.26 Å². The predicted molar refractivity (Wildman–Crippen MR) is 67.7 cm³/mol. The molecule has 2 aliphatic rings. The molecule has 1 saturated carbocycles. The second-order valence-electron chi connectivity index (χ2n) is 5.19. The summed E-state index contributed by atoms with van der Waals surface area (Å²) in [5, 5.41) is 0. The van der Waals surface area contributed by atoms with Gasteiger partial charge in [-0.3, -0.25) is 4.21 Å². The molecule has 2 atom stereocenters. The lowest BCUT2D eigenvalue weighted by atomic mass is 9.86. The molecule has 16 heavy (non-hydrogen) atoms. The molecule has 92 valence electrons. The molecule has 1 aliphatic heterocycles. The molecule has 2 nitrogen and oxygen atoms in total. The Morgan fingerprint density at radius 1 is 1.44 bits per heavy atom. The van der Waals surface area contributed by atoms with Gasteiger partial charge in [0.2, 0.25) is 0 Å². The maximum absolute atomic E-state index is 11.5. The van der Waals surface area contributed by atoms with E-state index in [4.69, 9.17) is 4.74 Å². The van der Waals surface area contributed by atoms with Crippen molar-refractivity contribution in [3.05, 3.63) is 11.8 Å². The van der Waals surface area contributed by atoms with E-state index in [2.05, 4.69) is 6.92 Å². The molecular formula is C13H22O2S. The Labute approximate surface area is 101 Å². The summed E-state index contributed by atoms with van der Waals surface area (Å²) < 4.78 is 17.2. The number of ether oxygens (including phenoxy) is 1. The van der Waals surface area contributed by atoms with Gasteiger partial charge in [0.1, 0.15) is 0 Å². The quantitative estimate of drug-likeness (QED) is 0.708. The lowest BCUT2D eigenvalue weighted by Crippen LogP contribution is -2.25. The van der Waals surface area contributed by atoms with E-state index in [0.29, 0.717) is 0 Å². The molecule has 0 spiro atoms. The molecule has 1 saturated heterocycles. The molecule has 0 aromatic rings.